The van der Waals surface area contributed by atoms with E-state index in [-0.39, 0.29) is 0 Å². The fourth-order valence-electron chi connectivity index (χ4n) is 1.99. The van der Waals surface area contributed by atoms with Gasteiger partial charge in [0, 0.05) is 25.4 Å². The quantitative estimate of drug-likeness (QED) is 0.712. The van der Waals surface area contributed by atoms with Crippen LogP contribution in [0.1, 0.15) is 32.4 Å². The van der Waals surface area contributed by atoms with Gasteiger partial charge in [-0.2, -0.15) is 0 Å². The third kappa shape index (κ3) is 5.26. The first-order chi connectivity index (χ1) is 9.24. The monoisotopic (exact) mass is 268 g/mol. The van der Waals surface area contributed by atoms with Crippen LogP contribution in [0.2, 0.25) is 0 Å². The van der Waals surface area contributed by atoms with Crippen LogP contribution in [0.15, 0.2) is 6.20 Å². The van der Waals surface area contributed by atoms with Crippen molar-refractivity contribution in [2.75, 3.05) is 19.8 Å². The largest absolute Gasteiger partial charge is 0.377 e. The highest BCUT2D eigenvalue weighted by atomic mass is 16.5. The van der Waals surface area contributed by atoms with Gasteiger partial charge in [-0.25, -0.2) is 4.68 Å². The van der Waals surface area contributed by atoms with E-state index < -0.39 is 0 Å². The second-order valence-corrected chi connectivity index (χ2v) is 5.22. The number of nitrogens with one attached hydrogen (secondary N) is 1. The molecule has 2 heterocycles. The molecule has 1 atom stereocenters. The first-order valence-corrected chi connectivity index (χ1v) is 7.06. The first kappa shape index (κ1) is 14.4. The molecular formula is C13H24N4O2. The highest BCUT2D eigenvalue weighted by Crippen LogP contribution is 2.11. The Morgan fingerprint density at radius 1 is 1.58 bits per heavy atom. The van der Waals surface area contributed by atoms with Crippen molar-refractivity contribution >= 4 is 0 Å². The number of aromatic nitrogens is 3. The van der Waals surface area contributed by atoms with Gasteiger partial charge in [0.2, 0.25) is 0 Å². The summed E-state index contributed by atoms with van der Waals surface area (Å²) in [6, 6.07) is 0.458. The molecule has 1 N–H and O–H groups in total. The lowest BCUT2D eigenvalue weighted by atomic mass is 10.2. The Balaban J connectivity index is 1.60. The lowest BCUT2D eigenvalue weighted by molar-refractivity contribution is 0.0141. The molecule has 1 fully saturated rings. The van der Waals surface area contributed by atoms with Crippen LogP contribution in [0, 0.1) is 0 Å². The molecule has 1 unspecified atom stereocenters. The third-order valence-electron chi connectivity index (χ3n) is 3.07. The zero-order valence-electron chi connectivity index (χ0n) is 11.8. The molecule has 0 saturated carbocycles. The van der Waals surface area contributed by atoms with Crippen molar-refractivity contribution in [3.8, 4) is 0 Å². The van der Waals surface area contributed by atoms with Gasteiger partial charge in [-0.15, -0.1) is 5.10 Å². The zero-order chi connectivity index (χ0) is 13.5. The minimum absolute atomic E-state index is 0.293. The molecule has 1 saturated heterocycles. The van der Waals surface area contributed by atoms with Gasteiger partial charge < -0.3 is 14.8 Å². The Bertz CT molecular complexity index is 361. The van der Waals surface area contributed by atoms with Gasteiger partial charge in [0.15, 0.2) is 0 Å². The van der Waals surface area contributed by atoms with E-state index in [9.17, 15) is 0 Å². The Morgan fingerprint density at radius 3 is 3.21 bits per heavy atom. The van der Waals surface area contributed by atoms with E-state index in [1.807, 2.05) is 10.9 Å². The maximum atomic E-state index is 5.60. The lowest BCUT2D eigenvalue weighted by Gasteiger charge is -2.09. The summed E-state index contributed by atoms with van der Waals surface area (Å²) in [4.78, 5) is 0. The van der Waals surface area contributed by atoms with Crippen LogP contribution in [0.3, 0.4) is 0 Å². The van der Waals surface area contributed by atoms with Crippen LogP contribution in [0.25, 0.3) is 0 Å². The van der Waals surface area contributed by atoms with Crippen LogP contribution in [-0.4, -0.2) is 47.0 Å². The van der Waals surface area contributed by atoms with Crippen molar-refractivity contribution in [1.82, 2.24) is 20.3 Å². The van der Waals surface area contributed by atoms with Gasteiger partial charge in [-0.3, -0.25) is 0 Å². The standard InChI is InChI=1S/C13H24N4O2/c1-11(2)14-8-12-9-17(16-15-12)5-7-18-10-13-4-3-6-19-13/h9,11,13-14H,3-8,10H2,1-2H3. The average molecular weight is 268 g/mol. The average Bonchev–Trinajstić information content (AvgIpc) is 3.04. The number of ether oxygens (including phenoxy) is 2. The topological polar surface area (TPSA) is 61.2 Å². The minimum Gasteiger partial charge on any atom is -0.377 e. The second kappa shape index (κ2) is 7.57. The molecule has 108 valence electrons. The summed E-state index contributed by atoms with van der Waals surface area (Å²) in [5, 5.41) is 11.5. The smallest absolute Gasteiger partial charge is 0.0964 e. The SMILES string of the molecule is CC(C)NCc1cn(CCOCC2CCCO2)nn1. The van der Waals surface area contributed by atoms with E-state index in [1.165, 1.54) is 0 Å². The molecule has 0 aliphatic carbocycles. The van der Waals surface area contributed by atoms with Gasteiger partial charge in [-0.1, -0.05) is 19.1 Å². The summed E-state index contributed by atoms with van der Waals surface area (Å²) in [6.45, 7) is 7.95. The van der Waals surface area contributed by atoms with Crippen molar-refractivity contribution in [1.29, 1.82) is 0 Å². The fourth-order valence-corrected chi connectivity index (χ4v) is 1.99. The molecule has 2 rings (SSSR count). The van der Waals surface area contributed by atoms with Crippen molar-refractivity contribution < 1.29 is 9.47 Å². The number of rotatable bonds is 8. The Hall–Kier alpha value is -0.980. The molecule has 0 radical (unpaired) electrons. The van der Waals surface area contributed by atoms with Crippen LogP contribution in [-0.2, 0) is 22.6 Å². The molecule has 0 bridgehead atoms. The number of nitrogens with zero attached hydrogens (tertiary/aromatic N) is 3. The Kier molecular flexibility index (Phi) is 5.75. The first-order valence-electron chi connectivity index (χ1n) is 7.06. The third-order valence-corrected chi connectivity index (χ3v) is 3.07. The van der Waals surface area contributed by atoms with Crippen molar-refractivity contribution in [2.45, 2.75) is 51.9 Å². The van der Waals surface area contributed by atoms with E-state index in [0.717, 1.165) is 38.2 Å². The van der Waals surface area contributed by atoms with E-state index in [1.54, 1.807) is 0 Å². The Morgan fingerprint density at radius 2 is 2.47 bits per heavy atom. The van der Waals surface area contributed by atoms with Crippen molar-refractivity contribution in [3.05, 3.63) is 11.9 Å². The molecule has 1 aliphatic heterocycles. The van der Waals surface area contributed by atoms with E-state index in [4.69, 9.17) is 9.47 Å². The molecule has 6 nitrogen and oxygen atoms in total. The van der Waals surface area contributed by atoms with Crippen LogP contribution >= 0.6 is 0 Å². The molecule has 6 heteroatoms. The van der Waals surface area contributed by atoms with Gasteiger partial charge in [0.25, 0.3) is 0 Å². The van der Waals surface area contributed by atoms with Crippen LogP contribution in [0.4, 0.5) is 0 Å². The van der Waals surface area contributed by atoms with E-state index >= 15 is 0 Å². The van der Waals surface area contributed by atoms with Crippen LogP contribution in [0.5, 0.6) is 0 Å². The number of hydrogen-bond acceptors (Lipinski definition) is 5. The van der Waals surface area contributed by atoms with Gasteiger partial charge in [0.1, 0.15) is 0 Å². The highest BCUT2D eigenvalue weighted by Gasteiger charge is 2.15. The predicted molar refractivity (Wildman–Crippen MR) is 71.8 cm³/mol. The maximum Gasteiger partial charge on any atom is 0.0964 e. The number of hydrogen-bond donors (Lipinski definition) is 1. The molecule has 1 aromatic heterocycles. The fraction of sp³-hybridized carbons (Fsp3) is 0.846. The highest BCUT2D eigenvalue weighted by molar-refractivity contribution is 4.91. The summed E-state index contributed by atoms with van der Waals surface area (Å²) in [6.07, 6.45) is 4.53. The molecule has 0 aromatic carbocycles. The van der Waals surface area contributed by atoms with E-state index in [2.05, 4.69) is 29.5 Å². The van der Waals surface area contributed by atoms with Gasteiger partial charge in [-0.05, 0) is 12.8 Å². The summed E-state index contributed by atoms with van der Waals surface area (Å²) in [5.74, 6) is 0. The minimum atomic E-state index is 0.293. The van der Waals surface area contributed by atoms with Crippen molar-refractivity contribution in [2.24, 2.45) is 0 Å². The van der Waals surface area contributed by atoms with Gasteiger partial charge in [0.05, 0.1) is 31.6 Å². The summed E-state index contributed by atoms with van der Waals surface area (Å²) in [7, 11) is 0. The zero-order valence-corrected chi connectivity index (χ0v) is 11.8. The summed E-state index contributed by atoms with van der Waals surface area (Å²) >= 11 is 0. The molecular weight excluding hydrogens is 244 g/mol. The lowest BCUT2D eigenvalue weighted by Crippen LogP contribution is -2.22. The maximum absolute atomic E-state index is 5.60. The summed E-state index contributed by atoms with van der Waals surface area (Å²) < 4.78 is 12.9. The molecule has 1 aliphatic rings. The van der Waals surface area contributed by atoms with E-state index in [0.29, 0.717) is 25.4 Å². The van der Waals surface area contributed by atoms with Crippen molar-refractivity contribution in [3.63, 3.8) is 0 Å². The van der Waals surface area contributed by atoms with Crippen LogP contribution < -0.4 is 5.32 Å². The molecule has 19 heavy (non-hydrogen) atoms. The van der Waals surface area contributed by atoms with Gasteiger partial charge >= 0.3 is 0 Å². The second-order valence-electron chi connectivity index (χ2n) is 5.22. The molecule has 0 amide bonds. The normalized spacial score (nSPS) is 19.4. The summed E-state index contributed by atoms with van der Waals surface area (Å²) in [5.41, 5.74) is 0.966. The molecule has 0 spiro atoms. The Labute approximate surface area is 114 Å². The molecule has 1 aromatic rings. The predicted octanol–water partition coefficient (Wildman–Crippen LogP) is 0.972.